The number of carbonyl (C=O) groups excluding carboxylic acids is 2. The number of pyridine rings is 2. The molecule has 166 valence electrons. The highest BCUT2D eigenvalue weighted by Crippen LogP contribution is 2.31. The van der Waals surface area contributed by atoms with Gasteiger partial charge >= 0.3 is 5.97 Å². The molecule has 1 atom stereocenters. The van der Waals surface area contributed by atoms with Crippen LogP contribution in [0, 0.1) is 6.92 Å². The van der Waals surface area contributed by atoms with Gasteiger partial charge in [-0.1, -0.05) is 6.92 Å². The first-order valence-corrected chi connectivity index (χ1v) is 11.0. The van der Waals surface area contributed by atoms with Gasteiger partial charge in [-0.25, -0.2) is 14.8 Å². The zero-order chi connectivity index (χ0) is 22.7. The van der Waals surface area contributed by atoms with Crippen LogP contribution in [0.3, 0.4) is 0 Å². The smallest absolute Gasteiger partial charge is 0.337 e. The van der Waals surface area contributed by atoms with Crippen molar-refractivity contribution >= 4 is 34.3 Å². The van der Waals surface area contributed by atoms with Crippen molar-refractivity contribution in [2.24, 2.45) is 0 Å². The number of amides is 1. The van der Waals surface area contributed by atoms with Crippen molar-refractivity contribution in [2.45, 2.75) is 45.6 Å². The standard InChI is InChI=1S/C25H28N4O3/c1-4-19-7-5-6-14-29(19)24(30)21-15-26-23-20(13-8-16(2)27-23)22(21)28-18-11-9-17(10-12-18)25(31)32-3/h8-13,15,19H,4-7,14H2,1-3H3,(H,26,27,28). The third kappa shape index (κ3) is 4.28. The molecule has 3 aromatic rings. The van der Waals surface area contributed by atoms with Crippen LogP contribution in [0.25, 0.3) is 11.0 Å². The lowest BCUT2D eigenvalue weighted by molar-refractivity contribution is 0.0596. The van der Waals surface area contributed by atoms with Crippen LogP contribution in [-0.2, 0) is 4.74 Å². The molecule has 1 aromatic carbocycles. The van der Waals surface area contributed by atoms with Crippen molar-refractivity contribution in [2.75, 3.05) is 19.0 Å². The van der Waals surface area contributed by atoms with Crippen LogP contribution < -0.4 is 5.32 Å². The summed E-state index contributed by atoms with van der Waals surface area (Å²) in [6.45, 7) is 4.80. The van der Waals surface area contributed by atoms with E-state index in [-0.39, 0.29) is 11.9 Å². The van der Waals surface area contributed by atoms with E-state index in [2.05, 4.69) is 22.2 Å². The Morgan fingerprint density at radius 2 is 1.94 bits per heavy atom. The Kier molecular flexibility index (Phi) is 6.35. The predicted molar refractivity (Wildman–Crippen MR) is 124 cm³/mol. The molecule has 4 rings (SSSR count). The molecule has 1 aliphatic rings. The van der Waals surface area contributed by atoms with Gasteiger partial charge in [0, 0.05) is 35.6 Å². The Morgan fingerprint density at radius 1 is 1.16 bits per heavy atom. The van der Waals surface area contributed by atoms with E-state index in [1.54, 1.807) is 30.5 Å². The van der Waals surface area contributed by atoms with Crippen LogP contribution in [0.2, 0.25) is 0 Å². The van der Waals surface area contributed by atoms with Crippen LogP contribution in [0.4, 0.5) is 11.4 Å². The van der Waals surface area contributed by atoms with E-state index in [9.17, 15) is 9.59 Å². The fraction of sp³-hybridized carbons (Fsp3) is 0.360. The van der Waals surface area contributed by atoms with Crippen LogP contribution in [0.1, 0.15) is 59.0 Å². The maximum absolute atomic E-state index is 13.6. The Hall–Kier alpha value is -3.48. The van der Waals surface area contributed by atoms with Gasteiger partial charge in [0.05, 0.1) is 23.9 Å². The Balaban J connectivity index is 1.76. The van der Waals surface area contributed by atoms with E-state index in [0.717, 1.165) is 49.0 Å². The van der Waals surface area contributed by atoms with Gasteiger partial charge < -0.3 is 15.0 Å². The summed E-state index contributed by atoms with van der Waals surface area (Å²) in [5, 5.41) is 4.17. The first-order valence-electron chi connectivity index (χ1n) is 11.0. The molecule has 2 aromatic heterocycles. The average molecular weight is 433 g/mol. The van der Waals surface area contributed by atoms with E-state index in [1.807, 2.05) is 24.0 Å². The lowest BCUT2D eigenvalue weighted by Crippen LogP contribution is -2.43. The topological polar surface area (TPSA) is 84.4 Å². The first kappa shape index (κ1) is 21.7. The molecule has 0 aliphatic carbocycles. The SMILES string of the molecule is CCC1CCCCN1C(=O)c1cnc2nc(C)ccc2c1Nc1ccc(C(=O)OC)cc1. The third-order valence-corrected chi connectivity index (χ3v) is 6.03. The molecular weight excluding hydrogens is 404 g/mol. The summed E-state index contributed by atoms with van der Waals surface area (Å²) in [4.78, 5) is 36.4. The number of nitrogens with zero attached hydrogens (tertiary/aromatic N) is 3. The number of likely N-dealkylation sites (tertiary alicyclic amines) is 1. The zero-order valence-corrected chi connectivity index (χ0v) is 18.7. The number of nitrogens with one attached hydrogen (secondary N) is 1. The molecule has 0 spiro atoms. The highest BCUT2D eigenvalue weighted by molar-refractivity contribution is 6.07. The minimum absolute atomic E-state index is 0.0137. The molecule has 1 amide bonds. The number of methoxy groups -OCH3 is 1. The Labute approximate surface area is 187 Å². The summed E-state index contributed by atoms with van der Waals surface area (Å²) >= 11 is 0. The van der Waals surface area contributed by atoms with Crippen molar-refractivity contribution in [1.82, 2.24) is 14.9 Å². The minimum atomic E-state index is -0.392. The predicted octanol–water partition coefficient (Wildman–Crippen LogP) is 4.87. The minimum Gasteiger partial charge on any atom is -0.465 e. The van der Waals surface area contributed by atoms with Gasteiger partial charge in [-0.2, -0.15) is 0 Å². The van der Waals surface area contributed by atoms with Gasteiger partial charge in [-0.15, -0.1) is 0 Å². The normalized spacial score (nSPS) is 16.1. The zero-order valence-electron chi connectivity index (χ0n) is 18.7. The fourth-order valence-electron chi connectivity index (χ4n) is 4.27. The molecule has 0 radical (unpaired) electrons. The van der Waals surface area contributed by atoms with E-state index < -0.39 is 5.97 Å². The summed E-state index contributed by atoms with van der Waals surface area (Å²) in [7, 11) is 1.36. The number of rotatable bonds is 5. The number of hydrogen-bond donors (Lipinski definition) is 1. The summed E-state index contributed by atoms with van der Waals surface area (Å²) in [5.41, 5.74) is 3.87. The highest BCUT2D eigenvalue weighted by Gasteiger charge is 2.28. The van der Waals surface area contributed by atoms with Crippen molar-refractivity contribution in [3.8, 4) is 0 Å². The molecule has 7 nitrogen and oxygen atoms in total. The number of benzene rings is 1. The number of ether oxygens (including phenoxy) is 1. The molecule has 1 N–H and O–H groups in total. The highest BCUT2D eigenvalue weighted by atomic mass is 16.5. The molecule has 0 bridgehead atoms. The molecule has 7 heteroatoms. The van der Waals surface area contributed by atoms with Crippen LogP contribution >= 0.6 is 0 Å². The number of aromatic nitrogens is 2. The second kappa shape index (κ2) is 9.34. The number of anilines is 2. The van der Waals surface area contributed by atoms with Crippen LogP contribution in [0.15, 0.2) is 42.6 Å². The summed E-state index contributed by atoms with van der Waals surface area (Å²) in [6, 6.07) is 11.1. The van der Waals surface area contributed by atoms with E-state index in [0.29, 0.717) is 22.5 Å². The average Bonchev–Trinajstić information content (AvgIpc) is 2.83. The van der Waals surface area contributed by atoms with E-state index in [4.69, 9.17) is 4.74 Å². The van der Waals surface area contributed by atoms with E-state index >= 15 is 0 Å². The molecule has 3 heterocycles. The molecular formula is C25H28N4O3. The monoisotopic (exact) mass is 432 g/mol. The number of hydrogen-bond acceptors (Lipinski definition) is 6. The molecule has 1 fully saturated rings. The lowest BCUT2D eigenvalue weighted by atomic mass is 9.98. The second-order valence-electron chi connectivity index (χ2n) is 8.12. The van der Waals surface area contributed by atoms with Crippen LogP contribution in [0.5, 0.6) is 0 Å². The van der Waals surface area contributed by atoms with Gasteiger partial charge in [0.2, 0.25) is 0 Å². The van der Waals surface area contributed by atoms with Crippen LogP contribution in [-0.4, -0.2) is 46.4 Å². The van der Waals surface area contributed by atoms with Gasteiger partial charge in [0.1, 0.15) is 0 Å². The third-order valence-electron chi connectivity index (χ3n) is 6.03. The maximum Gasteiger partial charge on any atom is 0.337 e. The maximum atomic E-state index is 13.6. The van der Waals surface area contributed by atoms with Crippen molar-refractivity contribution in [1.29, 1.82) is 0 Å². The summed E-state index contributed by atoms with van der Waals surface area (Å²) in [6.07, 6.45) is 5.76. The fourth-order valence-corrected chi connectivity index (χ4v) is 4.27. The Bertz CT molecular complexity index is 1140. The number of carbonyl (C=O) groups is 2. The number of aryl methyl sites for hydroxylation is 1. The number of esters is 1. The van der Waals surface area contributed by atoms with Gasteiger partial charge in [-0.05, 0) is 69.0 Å². The number of piperidine rings is 1. The first-order chi connectivity index (χ1) is 15.5. The molecule has 1 saturated heterocycles. The Morgan fingerprint density at radius 3 is 2.66 bits per heavy atom. The van der Waals surface area contributed by atoms with Gasteiger partial charge in [0.15, 0.2) is 5.65 Å². The van der Waals surface area contributed by atoms with Crippen molar-refractivity contribution in [3.63, 3.8) is 0 Å². The largest absolute Gasteiger partial charge is 0.465 e. The molecule has 32 heavy (non-hydrogen) atoms. The second-order valence-corrected chi connectivity index (χ2v) is 8.12. The molecule has 1 unspecified atom stereocenters. The number of fused-ring (bicyclic) bond motifs is 1. The van der Waals surface area contributed by atoms with Crippen molar-refractivity contribution in [3.05, 3.63) is 59.4 Å². The van der Waals surface area contributed by atoms with E-state index in [1.165, 1.54) is 7.11 Å². The molecule has 1 aliphatic heterocycles. The quantitative estimate of drug-likeness (QED) is 0.579. The molecule has 0 saturated carbocycles. The van der Waals surface area contributed by atoms with Gasteiger partial charge in [-0.3, -0.25) is 4.79 Å². The lowest BCUT2D eigenvalue weighted by Gasteiger charge is -2.35. The summed E-state index contributed by atoms with van der Waals surface area (Å²) < 4.78 is 4.78. The van der Waals surface area contributed by atoms with Crippen molar-refractivity contribution < 1.29 is 14.3 Å². The van der Waals surface area contributed by atoms with Gasteiger partial charge in [0.25, 0.3) is 5.91 Å². The summed E-state index contributed by atoms with van der Waals surface area (Å²) in [5.74, 6) is -0.405.